The van der Waals surface area contributed by atoms with Gasteiger partial charge in [-0.25, -0.2) is 4.98 Å². The molecule has 0 atom stereocenters. The highest BCUT2D eigenvalue weighted by molar-refractivity contribution is 5.76. The summed E-state index contributed by atoms with van der Waals surface area (Å²) in [6.07, 6.45) is 5.75. The molecule has 8 nitrogen and oxygen atoms in total. The lowest BCUT2D eigenvalue weighted by Crippen LogP contribution is -2.23. The molecular formula is C19H20N8. The number of hydrogen-bond acceptors (Lipinski definition) is 6. The van der Waals surface area contributed by atoms with Crippen molar-refractivity contribution in [2.75, 3.05) is 12.3 Å². The van der Waals surface area contributed by atoms with Crippen LogP contribution in [0.3, 0.4) is 0 Å². The second kappa shape index (κ2) is 6.48. The highest BCUT2D eigenvalue weighted by atomic mass is 15.3. The van der Waals surface area contributed by atoms with Crippen molar-refractivity contribution in [2.24, 2.45) is 0 Å². The zero-order valence-electron chi connectivity index (χ0n) is 14.8. The number of hydrogen-bond donors (Lipinski definition) is 3. The number of anilines is 1. The number of nitrogen functional groups attached to an aromatic ring is 1. The van der Waals surface area contributed by atoms with Gasteiger partial charge in [-0.15, -0.1) is 5.10 Å². The quantitative estimate of drug-likeness (QED) is 0.508. The smallest absolute Gasteiger partial charge is 0.203 e. The maximum absolute atomic E-state index is 5.88. The van der Waals surface area contributed by atoms with Gasteiger partial charge in [0.15, 0.2) is 0 Å². The monoisotopic (exact) mass is 360 g/mol. The van der Waals surface area contributed by atoms with Gasteiger partial charge < -0.3 is 11.1 Å². The fourth-order valence-corrected chi connectivity index (χ4v) is 3.68. The standard InChI is InChI=1S/C19H20N8/c20-17-7-15(18-19(23-17)25-26-24-18)6-13-8-22-27(11-13)10-12-1-2-14-3-4-21-9-16(14)5-12/h1-2,5,7-8,11,21H,3-4,6,9-10H2,(H3,20,23,24,25,26). The molecule has 0 amide bonds. The third kappa shape index (κ3) is 3.15. The number of pyridine rings is 1. The van der Waals surface area contributed by atoms with Gasteiger partial charge in [-0.05, 0) is 46.8 Å². The molecule has 4 aromatic rings. The molecule has 0 bridgehead atoms. The molecule has 1 aliphatic heterocycles. The maximum Gasteiger partial charge on any atom is 0.203 e. The lowest BCUT2D eigenvalue weighted by molar-refractivity contribution is 0.638. The number of nitrogens with one attached hydrogen (secondary N) is 2. The molecule has 27 heavy (non-hydrogen) atoms. The average molecular weight is 360 g/mol. The lowest BCUT2D eigenvalue weighted by Gasteiger charge is -2.17. The zero-order valence-corrected chi connectivity index (χ0v) is 14.8. The number of nitrogens with two attached hydrogens (primary N) is 1. The van der Waals surface area contributed by atoms with Crippen LogP contribution in [0.2, 0.25) is 0 Å². The molecule has 8 heteroatoms. The molecule has 4 heterocycles. The van der Waals surface area contributed by atoms with Crippen molar-refractivity contribution in [3.05, 3.63) is 64.5 Å². The average Bonchev–Trinajstić information content (AvgIpc) is 3.31. The van der Waals surface area contributed by atoms with Gasteiger partial charge in [0.1, 0.15) is 11.3 Å². The van der Waals surface area contributed by atoms with Gasteiger partial charge >= 0.3 is 0 Å². The Balaban J connectivity index is 1.36. The fourth-order valence-electron chi connectivity index (χ4n) is 3.68. The molecule has 0 saturated heterocycles. The van der Waals surface area contributed by atoms with E-state index >= 15 is 0 Å². The van der Waals surface area contributed by atoms with E-state index in [1.165, 1.54) is 16.7 Å². The van der Waals surface area contributed by atoms with Gasteiger partial charge in [-0.1, -0.05) is 18.2 Å². The Morgan fingerprint density at radius 3 is 3.04 bits per heavy atom. The number of rotatable bonds is 4. The van der Waals surface area contributed by atoms with Crippen LogP contribution in [0.15, 0.2) is 36.7 Å². The van der Waals surface area contributed by atoms with E-state index in [-0.39, 0.29) is 0 Å². The first kappa shape index (κ1) is 16.0. The highest BCUT2D eigenvalue weighted by Gasteiger charge is 2.12. The van der Waals surface area contributed by atoms with Gasteiger partial charge in [0, 0.05) is 19.2 Å². The van der Waals surface area contributed by atoms with Crippen LogP contribution in [-0.2, 0) is 25.9 Å². The van der Waals surface area contributed by atoms with Crippen LogP contribution in [0, 0.1) is 0 Å². The number of benzene rings is 1. The highest BCUT2D eigenvalue weighted by Crippen LogP contribution is 2.20. The Hall–Kier alpha value is -3.26. The normalized spacial score (nSPS) is 13.8. The summed E-state index contributed by atoms with van der Waals surface area (Å²) >= 11 is 0. The van der Waals surface area contributed by atoms with E-state index in [1.54, 1.807) is 0 Å². The molecule has 0 spiro atoms. The van der Waals surface area contributed by atoms with Crippen molar-refractivity contribution in [1.29, 1.82) is 0 Å². The van der Waals surface area contributed by atoms with Crippen LogP contribution < -0.4 is 11.1 Å². The first-order chi connectivity index (χ1) is 13.2. The molecule has 0 radical (unpaired) electrons. The summed E-state index contributed by atoms with van der Waals surface area (Å²) in [6.45, 7) is 2.77. The van der Waals surface area contributed by atoms with E-state index in [0.29, 0.717) is 17.9 Å². The molecule has 0 unspecified atom stereocenters. The zero-order chi connectivity index (χ0) is 18.2. The molecule has 0 aliphatic carbocycles. The van der Waals surface area contributed by atoms with Crippen molar-refractivity contribution in [1.82, 2.24) is 35.5 Å². The van der Waals surface area contributed by atoms with Crippen molar-refractivity contribution in [3.8, 4) is 0 Å². The number of fused-ring (bicyclic) bond motifs is 2. The van der Waals surface area contributed by atoms with Crippen molar-refractivity contribution in [2.45, 2.75) is 25.9 Å². The van der Waals surface area contributed by atoms with E-state index in [0.717, 1.165) is 42.7 Å². The minimum atomic E-state index is 0.446. The summed E-state index contributed by atoms with van der Waals surface area (Å²) in [6, 6.07) is 8.58. The molecule has 5 rings (SSSR count). The topological polar surface area (TPSA) is 110 Å². The van der Waals surface area contributed by atoms with Crippen molar-refractivity contribution in [3.63, 3.8) is 0 Å². The van der Waals surface area contributed by atoms with Crippen LogP contribution in [0.5, 0.6) is 0 Å². The Morgan fingerprint density at radius 2 is 2.07 bits per heavy atom. The number of H-pyrrole nitrogens is 1. The Kier molecular flexibility index (Phi) is 3.83. The van der Waals surface area contributed by atoms with Crippen LogP contribution in [0.25, 0.3) is 11.2 Å². The minimum absolute atomic E-state index is 0.446. The Morgan fingerprint density at radius 1 is 1.11 bits per heavy atom. The summed E-state index contributed by atoms with van der Waals surface area (Å²) in [5, 5.41) is 18.8. The molecular weight excluding hydrogens is 340 g/mol. The maximum atomic E-state index is 5.88. The fraction of sp³-hybridized carbons (Fsp3) is 0.263. The van der Waals surface area contributed by atoms with E-state index in [1.807, 2.05) is 16.9 Å². The van der Waals surface area contributed by atoms with E-state index in [2.05, 4.69) is 55.2 Å². The van der Waals surface area contributed by atoms with Crippen LogP contribution in [-0.4, -0.2) is 36.7 Å². The van der Waals surface area contributed by atoms with E-state index in [9.17, 15) is 0 Å². The minimum Gasteiger partial charge on any atom is -0.384 e. The summed E-state index contributed by atoms with van der Waals surface area (Å²) in [5.41, 5.74) is 13.4. The number of aromatic nitrogens is 6. The summed E-state index contributed by atoms with van der Waals surface area (Å²) in [7, 11) is 0. The lowest BCUT2D eigenvalue weighted by atomic mass is 9.98. The summed E-state index contributed by atoms with van der Waals surface area (Å²) < 4.78 is 1.97. The molecule has 0 saturated carbocycles. The largest absolute Gasteiger partial charge is 0.384 e. The van der Waals surface area contributed by atoms with Gasteiger partial charge in [0.25, 0.3) is 0 Å². The Bertz CT molecular complexity index is 1110. The SMILES string of the molecule is Nc1cc(Cc2cnn(Cc3ccc4c(c3)CNCC4)c2)c2n[nH]nc2n1. The molecule has 1 aromatic carbocycles. The molecule has 4 N–H and O–H groups in total. The van der Waals surface area contributed by atoms with Gasteiger partial charge in [-0.2, -0.15) is 15.4 Å². The third-order valence-corrected chi connectivity index (χ3v) is 4.97. The first-order valence-corrected chi connectivity index (χ1v) is 9.03. The number of nitrogens with zero attached hydrogens (tertiary/aromatic N) is 5. The van der Waals surface area contributed by atoms with E-state index in [4.69, 9.17) is 5.73 Å². The van der Waals surface area contributed by atoms with Gasteiger partial charge in [0.2, 0.25) is 5.65 Å². The summed E-state index contributed by atoms with van der Waals surface area (Å²) in [5.74, 6) is 0.446. The third-order valence-electron chi connectivity index (χ3n) is 4.97. The molecule has 136 valence electrons. The van der Waals surface area contributed by atoms with Crippen LogP contribution >= 0.6 is 0 Å². The van der Waals surface area contributed by atoms with Crippen LogP contribution in [0.4, 0.5) is 5.82 Å². The van der Waals surface area contributed by atoms with Crippen LogP contribution in [0.1, 0.15) is 27.8 Å². The predicted molar refractivity (Wildman–Crippen MR) is 102 cm³/mol. The molecule has 0 fully saturated rings. The molecule has 1 aliphatic rings. The van der Waals surface area contributed by atoms with Crippen molar-refractivity contribution >= 4 is 17.0 Å². The van der Waals surface area contributed by atoms with Gasteiger partial charge in [0.05, 0.1) is 12.7 Å². The predicted octanol–water partition coefficient (Wildman–Crippen LogP) is 1.42. The first-order valence-electron chi connectivity index (χ1n) is 9.03. The number of aromatic amines is 1. The summed E-state index contributed by atoms with van der Waals surface area (Å²) in [4.78, 5) is 4.18. The van der Waals surface area contributed by atoms with Crippen molar-refractivity contribution < 1.29 is 0 Å². The second-order valence-corrected chi connectivity index (χ2v) is 6.95. The van der Waals surface area contributed by atoms with E-state index < -0.39 is 0 Å². The molecule has 3 aromatic heterocycles. The second-order valence-electron chi connectivity index (χ2n) is 6.95. The van der Waals surface area contributed by atoms with Gasteiger partial charge in [-0.3, -0.25) is 4.68 Å². The Labute approximate surface area is 155 Å².